The van der Waals surface area contributed by atoms with E-state index in [2.05, 4.69) is 29.1 Å². The van der Waals surface area contributed by atoms with E-state index in [1.807, 2.05) is 30.3 Å². The summed E-state index contributed by atoms with van der Waals surface area (Å²) < 4.78 is 5.52. The molecule has 0 bridgehead atoms. The topological polar surface area (TPSA) is 64.1 Å². The summed E-state index contributed by atoms with van der Waals surface area (Å²) in [6.45, 7) is 4.69. The van der Waals surface area contributed by atoms with Crippen LogP contribution in [0.2, 0.25) is 0 Å². The number of hydrogen-bond acceptors (Lipinski definition) is 4. The van der Waals surface area contributed by atoms with Crippen molar-refractivity contribution in [1.82, 2.24) is 15.3 Å². The van der Waals surface area contributed by atoms with Crippen molar-refractivity contribution in [2.24, 2.45) is 0 Å². The summed E-state index contributed by atoms with van der Waals surface area (Å²) >= 11 is 0. The van der Waals surface area contributed by atoms with E-state index >= 15 is 0 Å². The number of nitrogens with zero attached hydrogens (tertiary/aromatic N) is 2. The molecule has 3 rings (SSSR count). The predicted molar refractivity (Wildman–Crippen MR) is 91.9 cm³/mol. The summed E-state index contributed by atoms with van der Waals surface area (Å²) in [5.74, 6) is 1.61. The third-order valence-corrected chi connectivity index (χ3v) is 4.12. The summed E-state index contributed by atoms with van der Waals surface area (Å²) in [4.78, 5) is 20.4. The molecule has 1 aromatic heterocycles. The Kier molecular flexibility index (Phi) is 5.08. The van der Waals surface area contributed by atoms with E-state index in [0.717, 1.165) is 11.4 Å². The van der Waals surface area contributed by atoms with Gasteiger partial charge in [-0.15, -0.1) is 0 Å². The zero-order valence-electron chi connectivity index (χ0n) is 14.2. The minimum Gasteiger partial charge on any atom is -0.484 e. The first kappa shape index (κ1) is 16.4. The number of carbonyl (C=O) groups excluding carboxylic acids is 1. The van der Waals surface area contributed by atoms with Crippen LogP contribution in [0.3, 0.4) is 0 Å². The van der Waals surface area contributed by atoms with E-state index in [4.69, 9.17) is 4.74 Å². The van der Waals surface area contributed by atoms with Crippen LogP contribution in [0.5, 0.6) is 5.75 Å². The number of rotatable bonds is 7. The minimum atomic E-state index is -0.158. The lowest BCUT2D eigenvalue weighted by Crippen LogP contribution is -2.28. The van der Waals surface area contributed by atoms with Crippen molar-refractivity contribution in [3.63, 3.8) is 0 Å². The van der Waals surface area contributed by atoms with Crippen molar-refractivity contribution in [1.29, 1.82) is 0 Å². The summed E-state index contributed by atoms with van der Waals surface area (Å²) in [5, 5.41) is 2.83. The van der Waals surface area contributed by atoms with Gasteiger partial charge in [0.2, 0.25) is 0 Å². The SMILES string of the molecule is CC(C)c1ccc(OCC(=O)NCc2cc(C3CC3)ncn2)cc1. The molecule has 1 aromatic carbocycles. The van der Waals surface area contributed by atoms with E-state index in [9.17, 15) is 4.79 Å². The minimum absolute atomic E-state index is 0.00158. The number of aromatic nitrogens is 2. The highest BCUT2D eigenvalue weighted by atomic mass is 16.5. The molecule has 1 heterocycles. The van der Waals surface area contributed by atoms with Gasteiger partial charge in [0.1, 0.15) is 12.1 Å². The summed E-state index contributed by atoms with van der Waals surface area (Å²) in [5.41, 5.74) is 3.17. The van der Waals surface area contributed by atoms with Crippen LogP contribution in [0.4, 0.5) is 0 Å². The van der Waals surface area contributed by atoms with Gasteiger partial charge in [-0.05, 0) is 42.5 Å². The maximum atomic E-state index is 11.9. The number of ether oxygens (including phenoxy) is 1. The lowest BCUT2D eigenvalue weighted by atomic mass is 10.0. The highest BCUT2D eigenvalue weighted by Crippen LogP contribution is 2.38. The smallest absolute Gasteiger partial charge is 0.258 e. The van der Waals surface area contributed by atoms with Crippen LogP contribution in [-0.2, 0) is 11.3 Å². The zero-order valence-corrected chi connectivity index (χ0v) is 14.2. The van der Waals surface area contributed by atoms with Crippen LogP contribution < -0.4 is 10.1 Å². The Morgan fingerprint density at radius 1 is 1.25 bits per heavy atom. The molecule has 2 aromatic rings. The highest BCUT2D eigenvalue weighted by molar-refractivity contribution is 5.77. The summed E-state index contributed by atoms with van der Waals surface area (Å²) in [7, 11) is 0. The molecule has 0 unspecified atom stereocenters. The third-order valence-electron chi connectivity index (χ3n) is 4.12. The predicted octanol–water partition coefficient (Wildman–Crippen LogP) is 3.17. The maximum Gasteiger partial charge on any atom is 0.258 e. The molecule has 1 fully saturated rings. The standard InChI is InChI=1S/C19H23N3O2/c1-13(2)14-5-7-17(8-6-14)24-11-19(23)20-10-16-9-18(15-3-4-15)22-12-21-16/h5-9,12-13,15H,3-4,10-11H2,1-2H3,(H,20,23). The van der Waals surface area contributed by atoms with Crippen LogP contribution in [0.25, 0.3) is 0 Å². The van der Waals surface area contributed by atoms with E-state index < -0.39 is 0 Å². The molecule has 1 N–H and O–H groups in total. The molecule has 0 spiro atoms. The fourth-order valence-corrected chi connectivity index (χ4v) is 2.45. The molecule has 0 saturated heterocycles. The van der Waals surface area contributed by atoms with Crippen molar-refractivity contribution in [2.75, 3.05) is 6.61 Å². The van der Waals surface area contributed by atoms with E-state index in [1.165, 1.54) is 18.4 Å². The largest absolute Gasteiger partial charge is 0.484 e. The number of hydrogen-bond donors (Lipinski definition) is 1. The first-order valence-electron chi connectivity index (χ1n) is 8.42. The van der Waals surface area contributed by atoms with Gasteiger partial charge in [-0.1, -0.05) is 26.0 Å². The average molecular weight is 325 g/mol. The number of carbonyl (C=O) groups is 1. The lowest BCUT2D eigenvalue weighted by Gasteiger charge is -2.09. The highest BCUT2D eigenvalue weighted by Gasteiger charge is 2.25. The Bertz CT molecular complexity index is 694. The van der Waals surface area contributed by atoms with Crippen molar-refractivity contribution < 1.29 is 9.53 Å². The molecule has 0 radical (unpaired) electrons. The summed E-state index contributed by atoms with van der Waals surface area (Å²) in [6.07, 6.45) is 3.97. The van der Waals surface area contributed by atoms with Gasteiger partial charge in [0.15, 0.2) is 6.61 Å². The van der Waals surface area contributed by atoms with E-state index in [1.54, 1.807) is 6.33 Å². The van der Waals surface area contributed by atoms with Crippen LogP contribution in [0.1, 0.15) is 55.5 Å². The molecule has 1 saturated carbocycles. The maximum absolute atomic E-state index is 11.9. The molecule has 0 atom stereocenters. The average Bonchev–Trinajstić information content (AvgIpc) is 3.44. The quantitative estimate of drug-likeness (QED) is 0.849. The second-order valence-electron chi connectivity index (χ2n) is 6.50. The Balaban J connectivity index is 1.44. The zero-order chi connectivity index (χ0) is 16.9. The summed E-state index contributed by atoms with van der Waals surface area (Å²) in [6, 6.07) is 9.82. The number of nitrogens with one attached hydrogen (secondary N) is 1. The number of benzene rings is 1. The van der Waals surface area contributed by atoms with Gasteiger partial charge in [0.25, 0.3) is 5.91 Å². The Hall–Kier alpha value is -2.43. The molecule has 1 aliphatic rings. The van der Waals surface area contributed by atoms with Gasteiger partial charge in [0, 0.05) is 11.6 Å². The van der Waals surface area contributed by atoms with E-state index in [-0.39, 0.29) is 12.5 Å². The van der Waals surface area contributed by atoms with Crippen molar-refractivity contribution in [3.05, 3.63) is 53.6 Å². The van der Waals surface area contributed by atoms with Crippen molar-refractivity contribution in [3.8, 4) is 5.75 Å². The number of amides is 1. The second kappa shape index (κ2) is 7.43. The fraction of sp³-hybridized carbons (Fsp3) is 0.421. The van der Waals surface area contributed by atoms with Gasteiger partial charge in [-0.3, -0.25) is 4.79 Å². The second-order valence-corrected chi connectivity index (χ2v) is 6.50. The van der Waals surface area contributed by atoms with Gasteiger partial charge in [0.05, 0.1) is 12.2 Å². The van der Waals surface area contributed by atoms with Gasteiger partial charge in [-0.2, -0.15) is 0 Å². The first-order chi connectivity index (χ1) is 11.6. The molecular formula is C19H23N3O2. The lowest BCUT2D eigenvalue weighted by molar-refractivity contribution is -0.123. The Morgan fingerprint density at radius 2 is 2.00 bits per heavy atom. The van der Waals surface area contributed by atoms with Crippen molar-refractivity contribution in [2.45, 2.75) is 45.1 Å². The molecular weight excluding hydrogens is 302 g/mol. The molecule has 24 heavy (non-hydrogen) atoms. The van der Waals surface area contributed by atoms with Gasteiger partial charge < -0.3 is 10.1 Å². The van der Waals surface area contributed by atoms with Gasteiger partial charge in [-0.25, -0.2) is 9.97 Å². The molecule has 5 heteroatoms. The first-order valence-corrected chi connectivity index (χ1v) is 8.42. The molecule has 126 valence electrons. The monoisotopic (exact) mass is 325 g/mol. The Labute approximate surface area is 142 Å². The molecule has 0 aliphatic heterocycles. The normalized spacial score (nSPS) is 13.8. The third kappa shape index (κ3) is 4.54. The fourth-order valence-electron chi connectivity index (χ4n) is 2.45. The van der Waals surface area contributed by atoms with Crippen LogP contribution in [-0.4, -0.2) is 22.5 Å². The van der Waals surface area contributed by atoms with Crippen LogP contribution in [0, 0.1) is 0 Å². The van der Waals surface area contributed by atoms with Crippen molar-refractivity contribution >= 4 is 5.91 Å². The van der Waals surface area contributed by atoms with Crippen LogP contribution >= 0.6 is 0 Å². The van der Waals surface area contributed by atoms with Crippen LogP contribution in [0.15, 0.2) is 36.7 Å². The molecule has 5 nitrogen and oxygen atoms in total. The van der Waals surface area contributed by atoms with Gasteiger partial charge >= 0.3 is 0 Å². The molecule has 1 aliphatic carbocycles. The van der Waals surface area contributed by atoms with E-state index in [0.29, 0.717) is 24.1 Å². The Morgan fingerprint density at radius 3 is 2.67 bits per heavy atom. The molecule has 1 amide bonds.